The number of anilines is 2. The molecule has 0 atom stereocenters. The highest BCUT2D eigenvalue weighted by Gasteiger charge is 2.56. The minimum atomic E-state index is -0.975. The van der Waals surface area contributed by atoms with Gasteiger partial charge in [0.25, 0.3) is 0 Å². The average molecular weight is 338 g/mol. The second-order valence-corrected chi connectivity index (χ2v) is 6.54. The van der Waals surface area contributed by atoms with Crippen LogP contribution in [0.1, 0.15) is 24.0 Å². The quantitative estimate of drug-likeness (QED) is 0.818. The number of aryl methyl sites for hydroxylation is 2. The third-order valence-corrected chi connectivity index (χ3v) is 4.60. The normalized spacial score (nSPS) is 14.5. The van der Waals surface area contributed by atoms with Gasteiger partial charge in [-0.1, -0.05) is 17.7 Å². The number of nitrogens with one attached hydrogen (secondary N) is 2. The maximum Gasteiger partial charge on any atom is 0.240 e. The molecule has 1 saturated carbocycles. The number of amides is 2. The van der Waals surface area contributed by atoms with Gasteiger partial charge in [0.05, 0.1) is 7.11 Å². The monoisotopic (exact) mass is 338 g/mol. The maximum absolute atomic E-state index is 12.7. The molecule has 2 N–H and O–H groups in total. The van der Waals surface area contributed by atoms with Crippen LogP contribution >= 0.6 is 0 Å². The standard InChI is InChI=1S/C20H22N2O3/c1-13-4-9-17(14(2)12-13)22-19(24)20(10-11-20)18(23)21-15-5-7-16(25-3)8-6-15/h4-9,12H,10-11H2,1-3H3,(H,21,23)(H,22,24). The van der Waals surface area contributed by atoms with Crippen molar-refractivity contribution in [3.8, 4) is 5.75 Å². The van der Waals surface area contributed by atoms with Gasteiger partial charge in [-0.2, -0.15) is 0 Å². The van der Waals surface area contributed by atoms with Gasteiger partial charge in [-0.05, 0) is 62.6 Å². The Morgan fingerprint density at radius 3 is 2.16 bits per heavy atom. The Bertz CT molecular complexity index is 808. The lowest BCUT2D eigenvalue weighted by Gasteiger charge is -2.17. The van der Waals surface area contributed by atoms with Crippen LogP contribution in [0.2, 0.25) is 0 Å². The summed E-state index contributed by atoms with van der Waals surface area (Å²) in [7, 11) is 1.59. The van der Waals surface area contributed by atoms with Gasteiger partial charge in [0.2, 0.25) is 11.8 Å². The minimum Gasteiger partial charge on any atom is -0.497 e. The molecule has 25 heavy (non-hydrogen) atoms. The van der Waals surface area contributed by atoms with Gasteiger partial charge >= 0.3 is 0 Å². The molecule has 0 spiro atoms. The molecule has 2 amide bonds. The van der Waals surface area contributed by atoms with Gasteiger partial charge in [0, 0.05) is 11.4 Å². The SMILES string of the molecule is COc1ccc(NC(=O)C2(C(=O)Nc3ccc(C)cc3C)CC2)cc1. The summed E-state index contributed by atoms with van der Waals surface area (Å²) in [6.45, 7) is 3.95. The molecular weight excluding hydrogens is 316 g/mol. The highest BCUT2D eigenvalue weighted by atomic mass is 16.5. The van der Waals surface area contributed by atoms with Crippen molar-refractivity contribution in [3.05, 3.63) is 53.6 Å². The van der Waals surface area contributed by atoms with E-state index >= 15 is 0 Å². The van der Waals surface area contributed by atoms with E-state index in [2.05, 4.69) is 10.6 Å². The van der Waals surface area contributed by atoms with Crippen LogP contribution in [0.15, 0.2) is 42.5 Å². The van der Waals surface area contributed by atoms with Gasteiger partial charge < -0.3 is 15.4 Å². The van der Waals surface area contributed by atoms with Crippen molar-refractivity contribution in [2.24, 2.45) is 5.41 Å². The lowest BCUT2D eigenvalue weighted by molar-refractivity contribution is -0.131. The summed E-state index contributed by atoms with van der Waals surface area (Å²) in [6, 6.07) is 12.9. The third kappa shape index (κ3) is 3.50. The molecule has 5 heteroatoms. The Balaban J connectivity index is 1.69. The van der Waals surface area contributed by atoms with E-state index in [1.54, 1.807) is 31.4 Å². The van der Waals surface area contributed by atoms with Crippen LogP contribution in [-0.4, -0.2) is 18.9 Å². The summed E-state index contributed by atoms with van der Waals surface area (Å²) >= 11 is 0. The molecule has 130 valence electrons. The Morgan fingerprint density at radius 2 is 1.60 bits per heavy atom. The zero-order valence-electron chi connectivity index (χ0n) is 14.7. The van der Waals surface area contributed by atoms with E-state index in [4.69, 9.17) is 4.74 Å². The van der Waals surface area contributed by atoms with Gasteiger partial charge in [0.15, 0.2) is 0 Å². The molecule has 1 aliphatic carbocycles. The van der Waals surface area contributed by atoms with Crippen LogP contribution in [-0.2, 0) is 9.59 Å². The van der Waals surface area contributed by atoms with Crippen LogP contribution in [0.3, 0.4) is 0 Å². The first-order valence-electron chi connectivity index (χ1n) is 8.29. The molecule has 5 nitrogen and oxygen atoms in total. The fraction of sp³-hybridized carbons (Fsp3) is 0.300. The van der Waals surface area contributed by atoms with Crippen LogP contribution in [0.5, 0.6) is 5.75 Å². The van der Waals surface area contributed by atoms with Crippen molar-refractivity contribution in [3.63, 3.8) is 0 Å². The molecule has 0 bridgehead atoms. The molecular formula is C20H22N2O3. The molecule has 0 aromatic heterocycles. The first-order chi connectivity index (χ1) is 11.9. The van der Waals surface area contributed by atoms with Crippen LogP contribution < -0.4 is 15.4 Å². The molecule has 3 rings (SSSR count). The van der Waals surface area contributed by atoms with E-state index in [1.807, 2.05) is 32.0 Å². The maximum atomic E-state index is 12.7. The molecule has 0 aliphatic heterocycles. The van der Waals surface area contributed by atoms with Crippen LogP contribution in [0.4, 0.5) is 11.4 Å². The lowest BCUT2D eigenvalue weighted by atomic mass is 10.0. The number of benzene rings is 2. The number of hydrogen-bond acceptors (Lipinski definition) is 3. The van der Waals surface area contributed by atoms with Crippen molar-refractivity contribution in [2.45, 2.75) is 26.7 Å². The van der Waals surface area contributed by atoms with E-state index < -0.39 is 5.41 Å². The number of rotatable bonds is 5. The summed E-state index contributed by atoms with van der Waals surface area (Å²) in [5.74, 6) is 0.206. The van der Waals surface area contributed by atoms with Gasteiger partial charge in [0.1, 0.15) is 11.2 Å². The molecule has 0 heterocycles. The fourth-order valence-electron chi connectivity index (χ4n) is 2.80. The average Bonchev–Trinajstić information content (AvgIpc) is 3.40. The first kappa shape index (κ1) is 17.0. The third-order valence-electron chi connectivity index (χ3n) is 4.60. The topological polar surface area (TPSA) is 67.4 Å². The number of carbonyl (C=O) groups excluding carboxylic acids is 2. The predicted molar refractivity (Wildman–Crippen MR) is 97.8 cm³/mol. The molecule has 2 aromatic carbocycles. The number of methoxy groups -OCH3 is 1. The summed E-state index contributed by atoms with van der Waals surface area (Å²) in [5.41, 5.74) is 2.54. The second-order valence-electron chi connectivity index (χ2n) is 6.54. The van der Waals surface area contributed by atoms with Crippen molar-refractivity contribution in [1.82, 2.24) is 0 Å². The molecule has 2 aromatic rings. The van der Waals surface area contributed by atoms with Crippen LogP contribution in [0, 0.1) is 19.3 Å². The van der Waals surface area contributed by atoms with Gasteiger partial charge in [-0.3, -0.25) is 9.59 Å². The molecule has 0 unspecified atom stereocenters. The Hall–Kier alpha value is -2.82. The predicted octanol–water partition coefficient (Wildman–Crippen LogP) is 3.67. The van der Waals surface area contributed by atoms with Crippen molar-refractivity contribution in [1.29, 1.82) is 0 Å². The second kappa shape index (κ2) is 6.59. The Morgan fingerprint density at radius 1 is 0.960 bits per heavy atom. The number of carbonyl (C=O) groups is 2. The summed E-state index contributed by atoms with van der Waals surface area (Å²) in [6.07, 6.45) is 1.12. The first-order valence-corrected chi connectivity index (χ1v) is 8.29. The fourth-order valence-corrected chi connectivity index (χ4v) is 2.80. The minimum absolute atomic E-state index is 0.245. The van der Waals surface area contributed by atoms with E-state index in [0.29, 0.717) is 24.3 Å². The summed E-state index contributed by atoms with van der Waals surface area (Å²) in [5, 5.41) is 5.74. The van der Waals surface area contributed by atoms with Gasteiger partial charge in [-0.15, -0.1) is 0 Å². The lowest BCUT2D eigenvalue weighted by Crippen LogP contribution is -2.35. The summed E-state index contributed by atoms with van der Waals surface area (Å²) < 4.78 is 5.10. The van der Waals surface area contributed by atoms with Gasteiger partial charge in [-0.25, -0.2) is 0 Å². The van der Waals surface area contributed by atoms with Crippen LogP contribution in [0.25, 0.3) is 0 Å². The number of ether oxygens (including phenoxy) is 1. The molecule has 1 fully saturated rings. The Kier molecular flexibility index (Phi) is 4.49. The Labute approximate surface area is 147 Å². The van der Waals surface area contributed by atoms with E-state index in [0.717, 1.165) is 16.8 Å². The highest BCUT2D eigenvalue weighted by molar-refractivity contribution is 6.17. The largest absolute Gasteiger partial charge is 0.497 e. The van der Waals surface area contributed by atoms with E-state index in [9.17, 15) is 9.59 Å². The molecule has 1 aliphatic rings. The summed E-state index contributed by atoms with van der Waals surface area (Å²) in [4.78, 5) is 25.3. The number of hydrogen-bond donors (Lipinski definition) is 2. The smallest absolute Gasteiger partial charge is 0.240 e. The molecule has 0 saturated heterocycles. The molecule has 0 radical (unpaired) electrons. The zero-order chi connectivity index (χ0) is 18.0. The van der Waals surface area contributed by atoms with Crippen molar-refractivity contribution in [2.75, 3.05) is 17.7 Å². The van der Waals surface area contributed by atoms with Crippen molar-refractivity contribution < 1.29 is 14.3 Å². The van der Waals surface area contributed by atoms with E-state index in [-0.39, 0.29) is 11.8 Å². The van der Waals surface area contributed by atoms with Crippen molar-refractivity contribution >= 4 is 23.2 Å². The zero-order valence-corrected chi connectivity index (χ0v) is 14.7. The van der Waals surface area contributed by atoms with E-state index in [1.165, 1.54) is 0 Å². The highest BCUT2D eigenvalue weighted by Crippen LogP contribution is 2.47.